The van der Waals surface area contributed by atoms with E-state index in [1.165, 1.54) is 15.6 Å². The first-order chi connectivity index (χ1) is 11.4. The van der Waals surface area contributed by atoms with Crippen LogP contribution in [-0.2, 0) is 14.8 Å². The first kappa shape index (κ1) is 16.9. The molecular weight excluding hydrogens is 348 g/mol. The van der Waals surface area contributed by atoms with Gasteiger partial charge in [-0.1, -0.05) is 0 Å². The van der Waals surface area contributed by atoms with Crippen molar-refractivity contribution in [1.29, 1.82) is 0 Å². The molecule has 0 saturated carbocycles. The highest BCUT2D eigenvalue weighted by Gasteiger charge is 2.39. The molecule has 2 heterocycles. The molecule has 1 saturated heterocycles. The maximum atomic E-state index is 12.7. The lowest BCUT2D eigenvalue weighted by atomic mass is 10.2. The zero-order valence-electron chi connectivity index (χ0n) is 13.4. The van der Waals surface area contributed by atoms with Crippen LogP contribution in [-0.4, -0.2) is 44.9 Å². The molecular formula is C16H18N2O4S2. The van der Waals surface area contributed by atoms with Crippen molar-refractivity contribution in [3.05, 3.63) is 41.1 Å². The summed E-state index contributed by atoms with van der Waals surface area (Å²) in [5.41, 5.74) is 0.736. The van der Waals surface area contributed by atoms with Gasteiger partial charge < -0.3 is 9.64 Å². The molecule has 0 aliphatic carbocycles. The van der Waals surface area contributed by atoms with Crippen LogP contribution in [0.2, 0.25) is 0 Å². The second kappa shape index (κ2) is 6.54. The minimum Gasteiger partial charge on any atom is -0.497 e. The van der Waals surface area contributed by atoms with E-state index in [-0.39, 0.29) is 17.3 Å². The van der Waals surface area contributed by atoms with Gasteiger partial charge in [0.15, 0.2) is 0 Å². The second-order valence-electron chi connectivity index (χ2n) is 5.44. The summed E-state index contributed by atoms with van der Waals surface area (Å²) in [6.45, 7) is 2.21. The first-order valence-corrected chi connectivity index (χ1v) is 9.83. The third-order valence-electron chi connectivity index (χ3n) is 4.09. The number of anilines is 1. The van der Waals surface area contributed by atoms with Gasteiger partial charge in [-0.3, -0.25) is 4.79 Å². The van der Waals surface area contributed by atoms with E-state index in [2.05, 4.69) is 0 Å². The van der Waals surface area contributed by atoms with Gasteiger partial charge in [0, 0.05) is 24.2 Å². The summed E-state index contributed by atoms with van der Waals surface area (Å²) in [6, 6.07) is 7.97. The summed E-state index contributed by atoms with van der Waals surface area (Å²) in [5.74, 6) is 0.475. The van der Waals surface area contributed by atoms with Gasteiger partial charge in [-0.25, -0.2) is 8.42 Å². The molecule has 3 rings (SSSR count). The molecule has 0 unspecified atom stereocenters. The lowest BCUT2D eigenvalue weighted by Gasteiger charge is -2.38. The Morgan fingerprint density at radius 2 is 1.88 bits per heavy atom. The molecule has 6 nitrogen and oxygen atoms in total. The van der Waals surface area contributed by atoms with Crippen molar-refractivity contribution in [2.75, 3.05) is 25.1 Å². The van der Waals surface area contributed by atoms with Gasteiger partial charge >= 0.3 is 0 Å². The number of piperazine rings is 1. The molecule has 24 heavy (non-hydrogen) atoms. The van der Waals surface area contributed by atoms with Gasteiger partial charge in [-0.05, 0) is 42.6 Å². The standard InChI is InChI=1S/C16H18N2O4S2/c1-12-16(19)17(13-3-5-14(22-2)6-4-13)8-9-18(12)24(20,21)15-7-10-23-11-15/h3-7,10-12H,8-9H2,1-2H3/t12-/m0/s1. The largest absolute Gasteiger partial charge is 0.497 e. The van der Waals surface area contributed by atoms with Crippen molar-refractivity contribution < 1.29 is 17.9 Å². The number of rotatable bonds is 4. The Hall–Kier alpha value is -1.90. The van der Waals surface area contributed by atoms with Gasteiger partial charge in [-0.2, -0.15) is 15.6 Å². The van der Waals surface area contributed by atoms with Crippen molar-refractivity contribution in [3.8, 4) is 5.75 Å². The maximum absolute atomic E-state index is 12.7. The number of methoxy groups -OCH3 is 1. The minimum atomic E-state index is -3.64. The van der Waals surface area contributed by atoms with E-state index in [9.17, 15) is 13.2 Å². The third kappa shape index (κ3) is 2.92. The Morgan fingerprint density at radius 3 is 2.46 bits per heavy atom. The molecule has 0 spiro atoms. The van der Waals surface area contributed by atoms with Crippen LogP contribution in [0.25, 0.3) is 0 Å². The van der Waals surface area contributed by atoms with Crippen LogP contribution >= 0.6 is 11.3 Å². The number of thiophene rings is 1. The lowest BCUT2D eigenvalue weighted by Crippen LogP contribution is -2.57. The Kier molecular flexibility index (Phi) is 4.62. The highest BCUT2D eigenvalue weighted by Crippen LogP contribution is 2.27. The molecule has 2 aromatic rings. The Balaban J connectivity index is 1.83. The molecule has 1 fully saturated rings. The average molecular weight is 366 g/mol. The van der Waals surface area contributed by atoms with Gasteiger partial charge in [0.25, 0.3) is 0 Å². The van der Waals surface area contributed by atoms with Crippen LogP contribution in [0, 0.1) is 0 Å². The SMILES string of the molecule is COc1ccc(N2CCN(S(=O)(=O)c3ccsc3)[C@@H](C)C2=O)cc1. The minimum absolute atomic E-state index is 0.231. The zero-order valence-corrected chi connectivity index (χ0v) is 15.0. The van der Waals surface area contributed by atoms with E-state index in [0.29, 0.717) is 12.3 Å². The monoisotopic (exact) mass is 366 g/mol. The number of ether oxygens (including phenoxy) is 1. The molecule has 0 bridgehead atoms. The molecule has 0 radical (unpaired) electrons. The van der Waals surface area contributed by atoms with E-state index in [1.54, 1.807) is 60.0 Å². The van der Waals surface area contributed by atoms with Gasteiger partial charge in [-0.15, -0.1) is 0 Å². The molecule has 8 heteroatoms. The predicted octanol–water partition coefficient (Wildman–Crippen LogP) is 2.18. The molecule has 1 aliphatic rings. The second-order valence-corrected chi connectivity index (χ2v) is 8.11. The molecule has 1 amide bonds. The first-order valence-electron chi connectivity index (χ1n) is 7.44. The topological polar surface area (TPSA) is 66.9 Å². The number of sulfonamides is 1. The Morgan fingerprint density at radius 1 is 1.17 bits per heavy atom. The molecule has 1 aromatic carbocycles. The van der Waals surface area contributed by atoms with E-state index in [1.807, 2.05) is 0 Å². The molecule has 1 aromatic heterocycles. The van der Waals surface area contributed by atoms with Crippen molar-refractivity contribution in [1.82, 2.24) is 4.31 Å². The average Bonchev–Trinajstić information content (AvgIpc) is 3.12. The number of hydrogen-bond acceptors (Lipinski definition) is 5. The van der Waals surface area contributed by atoms with Crippen LogP contribution in [0.1, 0.15) is 6.92 Å². The molecule has 1 atom stereocenters. The number of amides is 1. The van der Waals surface area contributed by atoms with Crippen LogP contribution < -0.4 is 9.64 Å². The molecule has 128 valence electrons. The smallest absolute Gasteiger partial charge is 0.245 e. The highest BCUT2D eigenvalue weighted by atomic mass is 32.2. The Bertz CT molecular complexity index is 816. The number of benzene rings is 1. The third-order valence-corrected chi connectivity index (χ3v) is 6.88. The van der Waals surface area contributed by atoms with Crippen LogP contribution in [0.4, 0.5) is 5.69 Å². The summed E-state index contributed by atoms with van der Waals surface area (Å²) < 4.78 is 31.7. The quantitative estimate of drug-likeness (QED) is 0.832. The van der Waals surface area contributed by atoms with Crippen molar-refractivity contribution in [2.45, 2.75) is 17.9 Å². The van der Waals surface area contributed by atoms with Crippen molar-refractivity contribution in [2.24, 2.45) is 0 Å². The summed E-state index contributed by atoms with van der Waals surface area (Å²) in [4.78, 5) is 14.6. The van der Waals surface area contributed by atoms with Crippen LogP contribution in [0.5, 0.6) is 5.75 Å². The summed E-state index contributed by atoms with van der Waals surface area (Å²) in [6.07, 6.45) is 0. The summed E-state index contributed by atoms with van der Waals surface area (Å²) >= 11 is 1.32. The molecule has 0 N–H and O–H groups in total. The summed E-state index contributed by atoms with van der Waals surface area (Å²) in [7, 11) is -2.06. The number of carbonyl (C=O) groups excluding carboxylic acids is 1. The fourth-order valence-electron chi connectivity index (χ4n) is 2.73. The maximum Gasteiger partial charge on any atom is 0.245 e. The van der Waals surface area contributed by atoms with Gasteiger partial charge in [0.1, 0.15) is 11.8 Å². The fraction of sp³-hybridized carbons (Fsp3) is 0.312. The predicted molar refractivity (Wildman–Crippen MR) is 93.0 cm³/mol. The fourth-order valence-corrected chi connectivity index (χ4v) is 5.33. The van der Waals surface area contributed by atoms with Crippen LogP contribution in [0.3, 0.4) is 0 Å². The van der Waals surface area contributed by atoms with Crippen LogP contribution in [0.15, 0.2) is 46.0 Å². The Labute approximate surface area is 145 Å². The zero-order chi connectivity index (χ0) is 17.3. The van der Waals surface area contributed by atoms with Crippen molar-refractivity contribution in [3.63, 3.8) is 0 Å². The van der Waals surface area contributed by atoms with E-state index in [0.717, 1.165) is 5.69 Å². The van der Waals surface area contributed by atoms with E-state index >= 15 is 0 Å². The number of nitrogens with zero attached hydrogens (tertiary/aromatic N) is 2. The highest BCUT2D eigenvalue weighted by molar-refractivity contribution is 7.89. The number of carbonyl (C=O) groups is 1. The van der Waals surface area contributed by atoms with E-state index < -0.39 is 16.1 Å². The van der Waals surface area contributed by atoms with Gasteiger partial charge in [0.2, 0.25) is 15.9 Å². The van der Waals surface area contributed by atoms with Crippen molar-refractivity contribution >= 4 is 33.0 Å². The lowest BCUT2D eigenvalue weighted by molar-refractivity contribution is -0.123. The molecule has 1 aliphatic heterocycles. The number of hydrogen-bond donors (Lipinski definition) is 0. The van der Waals surface area contributed by atoms with Gasteiger partial charge in [0.05, 0.1) is 12.0 Å². The summed E-state index contributed by atoms with van der Waals surface area (Å²) in [5, 5.41) is 3.30. The van der Waals surface area contributed by atoms with E-state index in [4.69, 9.17) is 4.74 Å². The normalized spacial score (nSPS) is 19.5.